The first-order valence-electron chi connectivity index (χ1n) is 6.03. The van der Waals surface area contributed by atoms with Crippen LogP contribution >= 0.6 is 22.9 Å². The maximum absolute atomic E-state index is 13.2. The minimum Gasteiger partial charge on any atom is -0.507 e. The second-order valence-electron chi connectivity index (χ2n) is 4.73. The van der Waals surface area contributed by atoms with Crippen molar-refractivity contribution in [1.29, 1.82) is 0 Å². The SMILES string of the molecule is Oc1ccc2c(sc3c(C(F)(F)F)c(Cl)ccc32)c1C(F)(F)F. The first-order chi connectivity index (χ1) is 10.5. The van der Waals surface area contributed by atoms with Gasteiger partial charge in [-0.2, -0.15) is 26.3 Å². The van der Waals surface area contributed by atoms with Gasteiger partial charge < -0.3 is 5.11 Å². The number of benzene rings is 2. The molecule has 1 N–H and O–H groups in total. The van der Waals surface area contributed by atoms with Gasteiger partial charge >= 0.3 is 12.4 Å². The number of fused-ring (bicyclic) bond motifs is 3. The van der Waals surface area contributed by atoms with E-state index in [9.17, 15) is 31.4 Å². The first-order valence-corrected chi connectivity index (χ1v) is 7.22. The molecule has 0 saturated heterocycles. The maximum atomic E-state index is 13.2. The highest BCUT2D eigenvalue weighted by Gasteiger charge is 2.39. The summed E-state index contributed by atoms with van der Waals surface area (Å²) in [6.07, 6.45) is -9.70. The van der Waals surface area contributed by atoms with E-state index >= 15 is 0 Å². The van der Waals surface area contributed by atoms with E-state index in [0.29, 0.717) is 11.3 Å². The van der Waals surface area contributed by atoms with Gasteiger partial charge in [0.15, 0.2) is 0 Å². The molecule has 9 heteroatoms. The standard InChI is InChI=1S/C14H5ClF6OS/c15-7-3-1-5-6-2-4-8(22)10(14(19,20)21)12(6)23-11(5)9(7)13(16,17)18/h1-4,22H. The monoisotopic (exact) mass is 370 g/mol. The molecule has 0 atom stereocenters. The number of phenols is 1. The summed E-state index contributed by atoms with van der Waals surface area (Å²) in [5.41, 5.74) is -2.52. The van der Waals surface area contributed by atoms with Gasteiger partial charge in [-0.15, -0.1) is 11.3 Å². The summed E-state index contributed by atoms with van der Waals surface area (Å²) in [5, 5.41) is 8.89. The zero-order valence-electron chi connectivity index (χ0n) is 10.8. The topological polar surface area (TPSA) is 20.2 Å². The van der Waals surface area contributed by atoms with E-state index in [-0.39, 0.29) is 10.8 Å². The Kier molecular flexibility index (Phi) is 3.46. The fraction of sp³-hybridized carbons (Fsp3) is 0.143. The molecule has 0 spiro atoms. The van der Waals surface area contributed by atoms with Gasteiger partial charge in [-0.3, -0.25) is 0 Å². The highest BCUT2D eigenvalue weighted by atomic mass is 35.5. The molecule has 23 heavy (non-hydrogen) atoms. The predicted molar refractivity (Wildman–Crippen MR) is 76.0 cm³/mol. The van der Waals surface area contributed by atoms with Gasteiger partial charge in [0.2, 0.25) is 0 Å². The number of hydrogen-bond donors (Lipinski definition) is 1. The second kappa shape index (κ2) is 4.91. The Bertz CT molecular complexity index is 851. The number of phenolic OH excluding ortho intramolecular Hbond substituents is 1. The van der Waals surface area contributed by atoms with Crippen LogP contribution in [0.5, 0.6) is 5.75 Å². The Labute approximate surface area is 133 Å². The molecule has 1 heterocycles. The van der Waals surface area contributed by atoms with Crippen LogP contribution in [0, 0.1) is 0 Å². The molecule has 0 aliphatic heterocycles. The van der Waals surface area contributed by atoms with Crippen LogP contribution in [0.2, 0.25) is 5.02 Å². The molecule has 2 aromatic carbocycles. The van der Waals surface area contributed by atoms with Crippen LogP contribution in [-0.2, 0) is 12.4 Å². The molecule has 1 aromatic heterocycles. The average Bonchev–Trinajstić information content (AvgIpc) is 2.72. The third-order valence-corrected chi connectivity index (χ3v) is 4.88. The Morgan fingerprint density at radius 3 is 1.78 bits per heavy atom. The summed E-state index contributed by atoms with van der Waals surface area (Å²) in [4.78, 5) is 0. The quantitative estimate of drug-likeness (QED) is 0.451. The van der Waals surface area contributed by atoms with Crippen molar-refractivity contribution in [3.05, 3.63) is 40.4 Å². The molecule has 0 bridgehead atoms. The smallest absolute Gasteiger partial charge is 0.421 e. The van der Waals surface area contributed by atoms with E-state index in [2.05, 4.69) is 0 Å². The molecule has 0 amide bonds. The van der Waals surface area contributed by atoms with Crippen LogP contribution in [0.15, 0.2) is 24.3 Å². The third-order valence-electron chi connectivity index (χ3n) is 3.30. The first kappa shape index (κ1) is 16.2. The van der Waals surface area contributed by atoms with Gasteiger partial charge in [0.05, 0.1) is 15.3 Å². The Balaban J connectivity index is 2.54. The second-order valence-corrected chi connectivity index (χ2v) is 6.16. The van der Waals surface area contributed by atoms with Gasteiger partial charge in [-0.05, 0) is 18.2 Å². The average molecular weight is 371 g/mol. The summed E-state index contributed by atoms with van der Waals surface area (Å²) in [6.45, 7) is 0. The van der Waals surface area contributed by atoms with E-state index in [1.807, 2.05) is 0 Å². The summed E-state index contributed by atoms with van der Waals surface area (Å²) < 4.78 is 78.0. The molecule has 1 nitrogen and oxygen atoms in total. The molecule has 0 saturated carbocycles. The van der Waals surface area contributed by atoms with Crippen molar-refractivity contribution in [2.24, 2.45) is 0 Å². The van der Waals surface area contributed by atoms with E-state index < -0.39 is 43.7 Å². The molecule has 0 radical (unpaired) electrons. The molecule has 0 aliphatic carbocycles. The highest BCUT2D eigenvalue weighted by Crippen LogP contribution is 2.50. The van der Waals surface area contributed by atoms with E-state index in [1.165, 1.54) is 6.07 Å². The van der Waals surface area contributed by atoms with Crippen molar-refractivity contribution >= 4 is 43.1 Å². The van der Waals surface area contributed by atoms with E-state index in [4.69, 9.17) is 11.6 Å². The van der Waals surface area contributed by atoms with Crippen molar-refractivity contribution in [1.82, 2.24) is 0 Å². The lowest BCUT2D eigenvalue weighted by atomic mass is 10.1. The van der Waals surface area contributed by atoms with Crippen molar-refractivity contribution in [3.63, 3.8) is 0 Å². The minimum absolute atomic E-state index is 0.00669. The van der Waals surface area contributed by atoms with Gasteiger partial charge in [0, 0.05) is 15.5 Å². The van der Waals surface area contributed by atoms with Crippen molar-refractivity contribution in [2.75, 3.05) is 0 Å². The van der Waals surface area contributed by atoms with E-state index in [1.54, 1.807) is 0 Å². The summed E-state index contributed by atoms with van der Waals surface area (Å²) in [6, 6.07) is 4.22. The fourth-order valence-electron chi connectivity index (χ4n) is 2.41. The highest BCUT2D eigenvalue weighted by molar-refractivity contribution is 7.26. The molecule has 0 aliphatic rings. The molecular weight excluding hydrogens is 366 g/mol. The number of alkyl halides is 6. The van der Waals surface area contributed by atoms with E-state index in [0.717, 1.165) is 18.2 Å². The van der Waals surface area contributed by atoms with Crippen LogP contribution in [0.1, 0.15) is 11.1 Å². The van der Waals surface area contributed by atoms with Gasteiger partial charge in [0.1, 0.15) is 11.3 Å². The number of hydrogen-bond acceptors (Lipinski definition) is 2. The van der Waals surface area contributed by atoms with Crippen LogP contribution in [0.4, 0.5) is 26.3 Å². The Morgan fingerprint density at radius 1 is 0.783 bits per heavy atom. The van der Waals surface area contributed by atoms with Crippen LogP contribution in [0.25, 0.3) is 20.2 Å². The lowest BCUT2D eigenvalue weighted by molar-refractivity contribution is -0.137. The van der Waals surface area contributed by atoms with Crippen molar-refractivity contribution < 1.29 is 31.4 Å². The number of halogens is 7. The van der Waals surface area contributed by atoms with Gasteiger partial charge in [-0.1, -0.05) is 17.7 Å². The molecule has 3 aromatic rings. The minimum atomic E-state index is -4.90. The van der Waals surface area contributed by atoms with Crippen molar-refractivity contribution in [2.45, 2.75) is 12.4 Å². The Morgan fingerprint density at radius 2 is 1.26 bits per heavy atom. The number of rotatable bonds is 0. The zero-order chi connectivity index (χ0) is 17.2. The number of aromatic hydroxyl groups is 1. The Hall–Kier alpha value is -1.67. The molecular formula is C14H5ClF6OS. The summed E-state index contributed by atoms with van der Waals surface area (Å²) >= 11 is 5.90. The summed E-state index contributed by atoms with van der Waals surface area (Å²) in [5.74, 6) is -1.03. The molecule has 0 unspecified atom stereocenters. The fourth-order valence-corrected chi connectivity index (χ4v) is 4.16. The van der Waals surface area contributed by atoms with Gasteiger partial charge in [0.25, 0.3) is 0 Å². The van der Waals surface area contributed by atoms with Crippen molar-refractivity contribution in [3.8, 4) is 5.75 Å². The molecule has 0 fully saturated rings. The predicted octanol–water partition coefficient (Wildman–Crippen LogP) is 6.45. The van der Waals surface area contributed by atoms with Crippen LogP contribution < -0.4 is 0 Å². The van der Waals surface area contributed by atoms with Gasteiger partial charge in [-0.25, -0.2) is 0 Å². The lowest BCUT2D eigenvalue weighted by Gasteiger charge is -2.09. The third kappa shape index (κ3) is 2.49. The van der Waals surface area contributed by atoms with Crippen LogP contribution in [-0.4, -0.2) is 5.11 Å². The lowest BCUT2D eigenvalue weighted by Crippen LogP contribution is -2.05. The molecule has 3 rings (SSSR count). The maximum Gasteiger partial charge on any atom is 0.421 e. The summed E-state index contributed by atoms with van der Waals surface area (Å²) in [7, 11) is 0. The van der Waals surface area contributed by atoms with Crippen LogP contribution in [0.3, 0.4) is 0 Å². The normalized spacial score (nSPS) is 13.2. The molecule has 122 valence electrons. The largest absolute Gasteiger partial charge is 0.507 e. The zero-order valence-corrected chi connectivity index (χ0v) is 12.4. The number of thiophene rings is 1.